The molecular weight excluding hydrogens is 148 g/mol. The molecule has 0 unspecified atom stereocenters. The van der Waals surface area contributed by atoms with E-state index in [9.17, 15) is 0 Å². The van der Waals surface area contributed by atoms with Gasteiger partial charge < -0.3 is 0 Å². The van der Waals surface area contributed by atoms with E-state index in [1.165, 1.54) is 31.4 Å². The van der Waals surface area contributed by atoms with Crippen molar-refractivity contribution in [2.24, 2.45) is 15.9 Å². The summed E-state index contributed by atoms with van der Waals surface area (Å²) in [7, 11) is 0. The van der Waals surface area contributed by atoms with Crippen molar-refractivity contribution in [2.75, 3.05) is 6.54 Å². The lowest BCUT2D eigenvalue weighted by Gasteiger charge is -2.03. The zero-order valence-electron chi connectivity index (χ0n) is 7.71. The van der Waals surface area contributed by atoms with E-state index in [-0.39, 0.29) is 0 Å². The normalized spacial score (nSPS) is 24.4. The summed E-state index contributed by atoms with van der Waals surface area (Å²) in [4.78, 5) is 9.04. The van der Waals surface area contributed by atoms with Crippen molar-refractivity contribution in [1.82, 2.24) is 0 Å². The number of aliphatic imine (C=N–C) groups is 2. The van der Waals surface area contributed by atoms with Crippen LogP contribution in [-0.2, 0) is 0 Å². The first-order valence-electron chi connectivity index (χ1n) is 5.01. The number of amidine groups is 1. The van der Waals surface area contributed by atoms with Crippen LogP contribution in [-0.4, -0.2) is 18.1 Å². The fraction of sp³-hybridized carbons (Fsp3) is 0.800. The van der Waals surface area contributed by atoms with Gasteiger partial charge in [0.25, 0.3) is 0 Å². The van der Waals surface area contributed by atoms with Crippen molar-refractivity contribution in [1.29, 1.82) is 0 Å². The highest BCUT2D eigenvalue weighted by atomic mass is 15.0. The molecule has 0 spiro atoms. The monoisotopic (exact) mass is 164 g/mol. The minimum Gasteiger partial charge on any atom is -0.264 e. The molecule has 1 heterocycles. The van der Waals surface area contributed by atoms with Crippen molar-refractivity contribution >= 4 is 11.5 Å². The van der Waals surface area contributed by atoms with Crippen LogP contribution in [0, 0.1) is 5.92 Å². The molecule has 0 bridgehead atoms. The number of hydrogen-bond acceptors (Lipinski definition) is 2. The summed E-state index contributed by atoms with van der Waals surface area (Å²) in [6, 6.07) is 0. The van der Waals surface area contributed by atoms with Gasteiger partial charge in [0.15, 0.2) is 0 Å². The molecule has 66 valence electrons. The van der Waals surface area contributed by atoms with Crippen molar-refractivity contribution in [3.8, 4) is 0 Å². The number of nitrogens with zero attached hydrogens (tertiary/aromatic N) is 2. The van der Waals surface area contributed by atoms with E-state index < -0.39 is 0 Å². The predicted molar refractivity (Wildman–Crippen MR) is 52.0 cm³/mol. The van der Waals surface area contributed by atoms with Gasteiger partial charge >= 0.3 is 0 Å². The third-order valence-electron chi connectivity index (χ3n) is 2.82. The molecule has 2 nitrogen and oxygen atoms in total. The Kier molecular flexibility index (Phi) is 2.24. The average Bonchev–Trinajstić information content (AvgIpc) is 2.75. The predicted octanol–water partition coefficient (Wildman–Crippen LogP) is 2.44. The second-order valence-electron chi connectivity index (χ2n) is 3.69. The first-order valence-corrected chi connectivity index (χ1v) is 5.01. The quantitative estimate of drug-likeness (QED) is 0.599. The molecule has 0 atom stereocenters. The van der Waals surface area contributed by atoms with Crippen LogP contribution in [0.5, 0.6) is 0 Å². The Morgan fingerprint density at radius 2 is 2.08 bits per heavy atom. The highest BCUT2D eigenvalue weighted by Crippen LogP contribution is 2.27. The first kappa shape index (κ1) is 7.96. The van der Waals surface area contributed by atoms with Crippen LogP contribution in [0.15, 0.2) is 9.98 Å². The molecule has 1 fully saturated rings. The largest absolute Gasteiger partial charge is 0.264 e. The van der Waals surface area contributed by atoms with Crippen molar-refractivity contribution < 1.29 is 0 Å². The molecule has 2 aliphatic rings. The van der Waals surface area contributed by atoms with E-state index in [1.807, 2.05) is 0 Å². The highest BCUT2D eigenvalue weighted by molar-refractivity contribution is 6.04. The molecule has 2 heteroatoms. The Morgan fingerprint density at radius 3 is 2.67 bits per heavy atom. The first-order chi connectivity index (χ1) is 5.90. The van der Waals surface area contributed by atoms with Gasteiger partial charge in [-0.15, -0.1) is 0 Å². The van der Waals surface area contributed by atoms with Crippen LogP contribution < -0.4 is 0 Å². The maximum absolute atomic E-state index is 4.56. The van der Waals surface area contributed by atoms with Gasteiger partial charge in [-0.2, -0.15) is 0 Å². The van der Waals surface area contributed by atoms with Crippen LogP contribution in [0.25, 0.3) is 0 Å². The molecule has 2 rings (SSSR count). The van der Waals surface area contributed by atoms with Crippen LogP contribution in [0.2, 0.25) is 0 Å². The Labute approximate surface area is 73.8 Å². The number of rotatable bonds is 2. The van der Waals surface area contributed by atoms with Crippen LogP contribution in [0.3, 0.4) is 0 Å². The van der Waals surface area contributed by atoms with E-state index in [4.69, 9.17) is 0 Å². The van der Waals surface area contributed by atoms with Gasteiger partial charge in [0.1, 0.15) is 5.84 Å². The molecule has 0 aromatic heterocycles. The minimum absolute atomic E-state index is 0.703. The molecule has 0 radical (unpaired) electrons. The SMILES string of the molecule is CCC1=NC(C2CCCC2)=NC1. The molecule has 1 aliphatic carbocycles. The standard InChI is InChI=1S/C10H16N2/c1-2-9-7-11-10(12-9)8-5-3-4-6-8/h8H,2-7H2,1H3. The zero-order valence-corrected chi connectivity index (χ0v) is 7.71. The van der Waals surface area contributed by atoms with Gasteiger partial charge in [0, 0.05) is 11.6 Å². The lowest BCUT2D eigenvalue weighted by molar-refractivity contribution is 0.722. The Hall–Kier alpha value is -0.660. The van der Waals surface area contributed by atoms with Crippen LogP contribution in [0.1, 0.15) is 39.0 Å². The maximum Gasteiger partial charge on any atom is 0.126 e. The Balaban J connectivity index is 2.00. The lowest BCUT2D eigenvalue weighted by Crippen LogP contribution is -2.05. The fourth-order valence-corrected chi connectivity index (χ4v) is 2.00. The van der Waals surface area contributed by atoms with Crippen LogP contribution >= 0.6 is 0 Å². The maximum atomic E-state index is 4.56. The summed E-state index contributed by atoms with van der Waals surface area (Å²) < 4.78 is 0. The van der Waals surface area contributed by atoms with Crippen molar-refractivity contribution in [2.45, 2.75) is 39.0 Å². The summed E-state index contributed by atoms with van der Waals surface area (Å²) in [6.45, 7) is 3.04. The van der Waals surface area contributed by atoms with Gasteiger partial charge in [0.2, 0.25) is 0 Å². The fourth-order valence-electron chi connectivity index (χ4n) is 2.00. The lowest BCUT2D eigenvalue weighted by atomic mass is 10.1. The summed E-state index contributed by atoms with van der Waals surface area (Å²) in [5, 5.41) is 0. The van der Waals surface area contributed by atoms with E-state index in [2.05, 4.69) is 16.9 Å². The smallest absolute Gasteiger partial charge is 0.126 e. The van der Waals surface area contributed by atoms with Crippen LogP contribution in [0.4, 0.5) is 0 Å². The van der Waals surface area contributed by atoms with E-state index >= 15 is 0 Å². The highest BCUT2D eigenvalue weighted by Gasteiger charge is 2.22. The van der Waals surface area contributed by atoms with Gasteiger partial charge in [-0.3, -0.25) is 4.99 Å². The summed E-state index contributed by atoms with van der Waals surface area (Å²) in [5.41, 5.74) is 1.27. The molecule has 0 aromatic carbocycles. The van der Waals surface area contributed by atoms with Crippen molar-refractivity contribution in [3.63, 3.8) is 0 Å². The van der Waals surface area contributed by atoms with E-state index in [0.717, 1.165) is 18.8 Å². The molecule has 12 heavy (non-hydrogen) atoms. The summed E-state index contributed by atoms with van der Waals surface area (Å²) in [5.74, 6) is 1.86. The van der Waals surface area contributed by atoms with E-state index in [0.29, 0.717) is 5.92 Å². The molecule has 0 saturated heterocycles. The Morgan fingerprint density at radius 1 is 1.33 bits per heavy atom. The third kappa shape index (κ3) is 1.43. The second-order valence-corrected chi connectivity index (χ2v) is 3.69. The van der Waals surface area contributed by atoms with E-state index in [1.54, 1.807) is 0 Å². The topological polar surface area (TPSA) is 24.7 Å². The minimum atomic E-state index is 0.703. The summed E-state index contributed by atoms with van der Waals surface area (Å²) in [6.07, 6.45) is 6.46. The Bertz CT molecular complexity index is 222. The molecule has 1 aliphatic heterocycles. The van der Waals surface area contributed by atoms with Gasteiger partial charge in [0.05, 0.1) is 6.54 Å². The number of hydrogen-bond donors (Lipinski definition) is 0. The molecule has 1 saturated carbocycles. The third-order valence-corrected chi connectivity index (χ3v) is 2.82. The second kappa shape index (κ2) is 3.38. The molecule has 0 aromatic rings. The summed E-state index contributed by atoms with van der Waals surface area (Å²) >= 11 is 0. The van der Waals surface area contributed by atoms with Crippen molar-refractivity contribution in [3.05, 3.63) is 0 Å². The van der Waals surface area contributed by atoms with Gasteiger partial charge in [-0.05, 0) is 19.3 Å². The van der Waals surface area contributed by atoms with Gasteiger partial charge in [-0.25, -0.2) is 4.99 Å². The molecule has 0 amide bonds. The molecule has 0 N–H and O–H groups in total. The molecular formula is C10H16N2. The van der Waals surface area contributed by atoms with Gasteiger partial charge in [-0.1, -0.05) is 19.8 Å². The zero-order chi connectivity index (χ0) is 8.39. The average molecular weight is 164 g/mol.